The van der Waals surface area contributed by atoms with E-state index in [1.165, 1.54) is 24.6 Å². The van der Waals surface area contributed by atoms with E-state index in [9.17, 15) is 4.79 Å². The first-order valence-corrected chi connectivity index (χ1v) is 11.1. The third kappa shape index (κ3) is 7.11. The SMILES string of the molecule is CCCCCCNC(=O)CSc1nnc(-c2ccccc2Cl)n1CCCOC. The van der Waals surface area contributed by atoms with E-state index in [4.69, 9.17) is 16.3 Å². The van der Waals surface area contributed by atoms with Crippen molar-refractivity contribution in [1.82, 2.24) is 20.1 Å². The smallest absolute Gasteiger partial charge is 0.230 e. The molecule has 154 valence electrons. The number of hydrogen-bond acceptors (Lipinski definition) is 5. The molecule has 28 heavy (non-hydrogen) atoms. The largest absolute Gasteiger partial charge is 0.385 e. The molecule has 0 saturated carbocycles. The minimum Gasteiger partial charge on any atom is -0.385 e. The molecule has 2 aromatic rings. The average Bonchev–Trinajstić information content (AvgIpc) is 3.09. The van der Waals surface area contributed by atoms with Crippen molar-refractivity contribution in [3.8, 4) is 11.4 Å². The van der Waals surface area contributed by atoms with E-state index in [0.29, 0.717) is 34.9 Å². The van der Waals surface area contributed by atoms with Crippen LogP contribution in [0.15, 0.2) is 29.4 Å². The van der Waals surface area contributed by atoms with Gasteiger partial charge in [0.1, 0.15) is 0 Å². The fraction of sp³-hybridized carbons (Fsp3) is 0.550. The van der Waals surface area contributed by atoms with Gasteiger partial charge in [-0.1, -0.05) is 61.7 Å². The first-order chi connectivity index (χ1) is 13.7. The fourth-order valence-corrected chi connectivity index (χ4v) is 3.78. The van der Waals surface area contributed by atoms with Crippen molar-refractivity contribution in [3.05, 3.63) is 29.3 Å². The number of halogens is 1. The average molecular weight is 425 g/mol. The van der Waals surface area contributed by atoms with E-state index in [1.54, 1.807) is 7.11 Å². The van der Waals surface area contributed by atoms with E-state index < -0.39 is 0 Å². The normalized spacial score (nSPS) is 11.0. The Balaban J connectivity index is 2.01. The molecule has 8 heteroatoms. The van der Waals surface area contributed by atoms with Crippen molar-refractivity contribution in [2.45, 2.75) is 50.7 Å². The van der Waals surface area contributed by atoms with Crippen molar-refractivity contribution in [2.75, 3.05) is 26.0 Å². The highest BCUT2D eigenvalue weighted by Gasteiger charge is 2.17. The van der Waals surface area contributed by atoms with Crippen LogP contribution in [0.4, 0.5) is 0 Å². The van der Waals surface area contributed by atoms with Gasteiger partial charge in [0.15, 0.2) is 11.0 Å². The molecule has 0 aliphatic carbocycles. The van der Waals surface area contributed by atoms with Gasteiger partial charge in [-0.3, -0.25) is 4.79 Å². The highest BCUT2D eigenvalue weighted by atomic mass is 35.5. The number of unbranched alkanes of at least 4 members (excludes halogenated alkanes) is 3. The van der Waals surface area contributed by atoms with Gasteiger partial charge in [0.2, 0.25) is 5.91 Å². The molecule has 1 heterocycles. The predicted octanol–water partition coefficient (Wildman–Crippen LogP) is 4.42. The van der Waals surface area contributed by atoms with Gasteiger partial charge in [0.25, 0.3) is 0 Å². The van der Waals surface area contributed by atoms with E-state index in [2.05, 4.69) is 22.4 Å². The monoisotopic (exact) mass is 424 g/mol. The van der Waals surface area contributed by atoms with Gasteiger partial charge in [0, 0.05) is 32.4 Å². The lowest BCUT2D eigenvalue weighted by molar-refractivity contribution is -0.118. The highest BCUT2D eigenvalue weighted by Crippen LogP contribution is 2.29. The number of carbonyl (C=O) groups is 1. The number of benzene rings is 1. The molecule has 1 amide bonds. The maximum absolute atomic E-state index is 12.1. The number of aromatic nitrogens is 3. The zero-order valence-electron chi connectivity index (χ0n) is 16.6. The molecule has 1 N–H and O–H groups in total. The highest BCUT2D eigenvalue weighted by molar-refractivity contribution is 7.99. The summed E-state index contributed by atoms with van der Waals surface area (Å²) in [6.45, 7) is 4.24. The van der Waals surface area contributed by atoms with Crippen LogP contribution in [0.3, 0.4) is 0 Å². The number of carbonyl (C=O) groups excluding carboxylic acids is 1. The third-order valence-electron chi connectivity index (χ3n) is 4.25. The Morgan fingerprint density at radius 1 is 1.21 bits per heavy atom. The molecule has 0 bridgehead atoms. The summed E-state index contributed by atoms with van der Waals surface area (Å²) >= 11 is 7.74. The molecule has 0 aliphatic rings. The number of nitrogens with one attached hydrogen (secondary N) is 1. The molecular formula is C20H29ClN4O2S. The van der Waals surface area contributed by atoms with Crippen LogP contribution >= 0.6 is 23.4 Å². The van der Waals surface area contributed by atoms with Crippen LogP contribution < -0.4 is 5.32 Å². The van der Waals surface area contributed by atoms with Crippen molar-refractivity contribution >= 4 is 29.3 Å². The second-order valence-corrected chi connectivity index (χ2v) is 7.83. The minimum absolute atomic E-state index is 0.0206. The molecule has 2 rings (SSSR count). The van der Waals surface area contributed by atoms with Gasteiger partial charge >= 0.3 is 0 Å². The molecular weight excluding hydrogens is 396 g/mol. The summed E-state index contributed by atoms with van der Waals surface area (Å²) in [6, 6.07) is 7.58. The maximum Gasteiger partial charge on any atom is 0.230 e. The van der Waals surface area contributed by atoms with Crippen molar-refractivity contribution < 1.29 is 9.53 Å². The maximum atomic E-state index is 12.1. The summed E-state index contributed by atoms with van der Waals surface area (Å²) < 4.78 is 7.18. The molecule has 0 radical (unpaired) electrons. The van der Waals surface area contributed by atoms with Crippen molar-refractivity contribution in [2.24, 2.45) is 0 Å². The van der Waals surface area contributed by atoms with Crippen LogP contribution in [0.5, 0.6) is 0 Å². The predicted molar refractivity (Wildman–Crippen MR) is 115 cm³/mol. The quantitative estimate of drug-likeness (QED) is 0.380. The molecule has 0 spiro atoms. The van der Waals surface area contributed by atoms with E-state index in [1.807, 2.05) is 28.8 Å². The molecule has 1 aromatic carbocycles. The number of hydrogen-bond donors (Lipinski definition) is 1. The lowest BCUT2D eigenvalue weighted by Crippen LogP contribution is -2.26. The second-order valence-electron chi connectivity index (χ2n) is 6.48. The van der Waals surface area contributed by atoms with Gasteiger partial charge in [-0.15, -0.1) is 10.2 Å². The molecule has 0 saturated heterocycles. The number of ether oxygens (including phenoxy) is 1. The summed E-state index contributed by atoms with van der Waals surface area (Å²) in [7, 11) is 1.68. The first kappa shape index (κ1) is 22.7. The third-order valence-corrected chi connectivity index (χ3v) is 5.54. The Morgan fingerprint density at radius 2 is 2.04 bits per heavy atom. The molecule has 6 nitrogen and oxygen atoms in total. The minimum atomic E-state index is 0.0206. The lowest BCUT2D eigenvalue weighted by Gasteiger charge is -2.11. The first-order valence-electron chi connectivity index (χ1n) is 9.74. The lowest BCUT2D eigenvalue weighted by atomic mass is 10.2. The Labute approximate surface area is 176 Å². The number of thioether (sulfide) groups is 1. The van der Waals surface area contributed by atoms with Gasteiger partial charge in [-0.25, -0.2) is 0 Å². The Hall–Kier alpha value is -1.57. The topological polar surface area (TPSA) is 69.0 Å². The van der Waals surface area contributed by atoms with Gasteiger partial charge in [-0.2, -0.15) is 0 Å². The number of methoxy groups -OCH3 is 1. The van der Waals surface area contributed by atoms with Gasteiger partial charge in [-0.05, 0) is 25.0 Å². The Kier molecular flexibility index (Phi) is 10.4. The molecule has 0 aliphatic heterocycles. The van der Waals surface area contributed by atoms with Gasteiger partial charge < -0.3 is 14.6 Å². The molecule has 0 unspecified atom stereocenters. The van der Waals surface area contributed by atoms with Crippen LogP contribution in [-0.4, -0.2) is 46.7 Å². The van der Waals surface area contributed by atoms with Crippen LogP contribution in [0.25, 0.3) is 11.4 Å². The van der Waals surface area contributed by atoms with Crippen LogP contribution in [-0.2, 0) is 16.1 Å². The summed E-state index contributed by atoms with van der Waals surface area (Å²) in [5.41, 5.74) is 0.835. The van der Waals surface area contributed by atoms with Crippen LogP contribution in [0.2, 0.25) is 5.02 Å². The van der Waals surface area contributed by atoms with Crippen molar-refractivity contribution in [1.29, 1.82) is 0 Å². The molecule has 1 aromatic heterocycles. The van der Waals surface area contributed by atoms with E-state index in [0.717, 1.165) is 31.4 Å². The molecule has 0 fully saturated rings. The number of rotatable bonds is 13. The second kappa shape index (κ2) is 12.8. The summed E-state index contributed by atoms with van der Waals surface area (Å²) in [4.78, 5) is 12.1. The Bertz CT molecular complexity index is 739. The van der Waals surface area contributed by atoms with E-state index in [-0.39, 0.29) is 5.91 Å². The number of amides is 1. The van der Waals surface area contributed by atoms with Crippen molar-refractivity contribution in [3.63, 3.8) is 0 Å². The fourth-order valence-electron chi connectivity index (χ4n) is 2.77. The van der Waals surface area contributed by atoms with Crippen LogP contribution in [0.1, 0.15) is 39.0 Å². The zero-order valence-corrected chi connectivity index (χ0v) is 18.2. The van der Waals surface area contributed by atoms with Gasteiger partial charge in [0.05, 0.1) is 10.8 Å². The summed E-state index contributed by atoms with van der Waals surface area (Å²) in [5, 5.41) is 13.0. The number of nitrogens with zero attached hydrogens (tertiary/aromatic N) is 3. The van der Waals surface area contributed by atoms with Crippen LogP contribution in [0, 0.1) is 0 Å². The van der Waals surface area contributed by atoms with E-state index >= 15 is 0 Å². The Morgan fingerprint density at radius 3 is 2.79 bits per heavy atom. The molecule has 0 atom stereocenters. The standard InChI is InChI=1S/C20H29ClN4O2S/c1-3-4-5-8-12-22-18(26)15-28-20-24-23-19(25(20)13-9-14-27-2)16-10-6-7-11-17(16)21/h6-7,10-11H,3-5,8-9,12-15H2,1-2H3,(H,22,26). The summed E-state index contributed by atoms with van der Waals surface area (Å²) in [6.07, 6.45) is 5.40. The summed E-state index contributed by atoms with van der Waals surface area (Å²) in [5.74, 6) is 1.05. The zero-order chi connectivity index (χ0) is 20.2.